The minimum absolute atomic E-state index is 0.0619. The molecule has 26 heavy (non-hydrogen) atoms. The Kier molecular flexibility index (Phi) is 6.82. The molecule has 0 saturated carbocycles. The standard InChI is InChI=1S/C18H21F3N4O/c1-13-5-3-4-6-15(13)11-25-17(22-2)24-10-14-7-8-16(23-9-14)26-12-18(19,20)21/h3-9H,10-12H2,1-2H3,(H2,22,24,25). The second kappa shape index (κ2) is 9.07. The molecule has 140 valence electrons. The normalized spacial score (nSPS) is 12.0. The summed E-state index contributed by atoms with van der Waals surface area (Å²) >= 11 is 0. The number of hydrogen-bond acceptors (Lipinski definition) is 3. The van der Waals surface area contributed by atoms with Crippen molar-refractivity contribution in [3.05, 3.63) is 59.3 Å². The third-order valence-electron chi connectivity index (χ3n) is 3.57. The lowest BCUT2D eigenvalue weighted by Crippen LogP contribution is -2.36. The summed E-state index contributed by atoms with van der Waals surface area (Å²) < 4.78 is 40.9. The molecule has 0 fully saturated rings. The summed E-state index contributed by atoms with van der Waals surface area (Å²) in [6, 6.07) is 11.1. The number of rotatable bonds is 6. The molecule has 0 saturated heterocycles. The van der Waals surface area contributed by atoms with Gasteiger partial charge in [0.1, 0.15) is 0 Å². The summed E-state index contributed by atoms with van der Waals surface area (Å²) in [5, 5.41) is 6.34. The van der Waals surface area contributed by atoms with Gasteiger partial charge in [0.2, 0.25) is 5.88 Å². The van der Waals surface area contributed by atoms with Gasteiger partial charge in [-0.25, -0.2) is 4.98 Å². The van der Waals surface area contributed by atoms with Crippen LogP contribution < -0.4 is 15.4 Å². The molecule has 0 aliphatic heterocycles. The van der Waals surface area contributed by atoms with Crippen LogP contribution in [-0.2, 0) is 13.1 Å². The number of nitrogens with one attached hydrogen (secondary N) is 2. The molecule has 5 nitrogen and oxygen atoms in total. The molecule has 0 aliphatic rings. The van der Waals surface area contributed by atoms with Crippen molar-refractivity contribution in [2.45, 2.75) is 26.2 Å². The van der Waals surface area contributed by atoms with Gasteiger partial charge in [0.25, 0.3) is 0 Å². The maximum Gasteiger partial charge on any atom is 0.422 e. The van der Waals surface area contributed by atoms with E-state index in [4.69, 9.17) is 0 Å². The first-order chi connectivity index (χ1) is 12.4. The van der Waals surface area contributed by atoms with Gasteiger partial charge < -0.3 is 15.4 Å². The van der Waals surface area contributed by atoms with E-state index in [0.29, 0.717) is 19.0 Å². The van der Waals surface area contributed by atoms with Gasteiger partial charge in [-0.1, -0.05) is 30.3 Å². The molecule has 0 bridgehead atoms. The number of halogens is 3. The van der Waals surface area contributed by atoms with E-state index < -0.39 is 12.8 Å². The smallest absolute Gasteiger partial charge is 0.422 e. The molecular weight excluding hydrogens is 345 g/mol. The van der Waals surface area contributed by atoms with E-state index in [9.17, 15) is 13.2 Å². The fourth-order valence-corrected chi connectivity index (χ4v) is 2.15. The van der Waals surface area contributed by atoms with Crippen molar-refractivity contribution in [3.8, 4) is 5.88 Å². The summed E-state index contributed by atoms with van der Waals surface area (Å²) in [6.45, 7) is 1.75. The van der Waals surface area contributed by atoms with Crippen LogP contribution in [0, 0.1) is 6.92 Å². The molecule has 0 spiro atoms. The molecule has 0 radical (unpaired) electrons. The lowest BCUT2D eigenvalue weighted by molar-refractivity contribution is -0.154. The van der Waals surface area contributed by atoms with Crippen molar-refractivity contribution >= 4 is 5.96 Å². The number of ether oxygens (including phenoxy) is 1. The van der Waals surface area contributed by atoms with Gasteiger partial charge in [-0.3, -0.25) is 4.99 Å². The zero-order valence-corrected chi connectivity index (χ0v) is 14.6. The van der Waals surface area contributed by atoms with Crippen LogP contribution in [0.3, 0.4) is 0 Å². The van der Waals surface area contributed by atoms with Gasteiger partial charge in [-0.05, 0) is 23.6 Å². The molecule has 0 atom stereocenters. The quantitative estimate of drug-likeness (QED) is 0.609. The van der Waals surface area contributed by atoms with Crippen molar-refractivity contribution in [3.63, 3.8) is 0 Å². The van der Waals surface area contributed by atoms with E-state index in [0.717, 1.165) is 5.56 Å². The molecule has 1 aromatic carbocycles. The number of aromatic nitrogens is 1. The van der Waals surface area contributed by atoms with E-state index in [1.165, 1.54) is 23.4 Å². The molecule has 0 amide bonds. The Labute approximate surface area is 150 Å². The molecule has 1 aromatic heterocycles. The zero-order chi connectivity index (χ0) is 19.0. The number of aliphatic imine (C=N–C) groups is 1. The molecule has 1 heterocycles. The first kappa shape index (κ1) is 19.6. The van der Waals surface area contributed by atoms with Crippen LogP contribution in [0.1, 0.15) is 16.7 Å². The fraction of sp³-hybridized carbons (Fsp3) is 0.333. The summed E-state index contributed by atoms with van der Waals surface area (Å²) in [6.07, 6.45) is -2.91. The number of alkyl halides is 3. The Morgan fingerprint density at radius 3 is 2.46 bits per heavy atom. The van der Waals surface area contributed by atoms with Gasteiger partial charge in [-0.15, -0.1) is 0 Å². The van der Waals surface area contributed by atoms with Gasteiger partial charge in [0, 0.05) is 32.4 Å². The number of hydrogen-bond donors (Lipinski definition) is 2. The average Bonchev–Trinajstić information content (AvgIpc) is 2.62. The zero-order valence-electron chi connectivity index (χ0n) is 14.6. The second-order valence-electron chi connectivity index (χ2n) is 5.61. The third-order valence-corrected chi connectivity index (χ3v) is 3.57. The number of guanidine groups is 1. The predicted molar refractivity (Wildman–Crippen MR) is 94.0 cm³/mol. The lowest BCUT2D eigenvalue weighted by Gasteiger charge is -2.13. The third kappa shape index (κ3) is 6.62. The van der Waals surface area contributed by atoms with Crippen molar-refractivity contribution < 1.29 is 17.9 Å². The van der Waals surface area contributed by atoms with E-state index in [1.807, 2.05) is 31.2 Å². The molecule has 8 heteroatoms. The highest BCUT2D eigenvalue weighted by atomic mass is 19.4. The first-order valence-electron chi connectivity index (χ1n) is 8.01. The van der Waals surface area contributed by atoms with Crippen LogP contribution in [0.25, 0.3) is 0 Å². The van der Waals surface area contributed by atoms with Crippen LogP contribution in [0.5, 0.6) is 5.88 Å². The highest BCUT2D eigenvalue weighted by Crippen LogP contribution is 2.17. The Morgan fingerprint density at radius 1 is 1.12 bits per heavy atom. The molecule has 2 aromatic rings. The first-order valence-corrected chi connectivity index (χ1v) is 8.01. The van der Waals surface area contributed by atoms with E-state index in [-0.39, 0.29) is 5.88 Å². The monoisotopic (exact) mass is 366 g/mol. The van der Waals surface area contributed by atoms with Gasteiger partial charge in [0.05, 0.1) is 0 Å². The van der Waals surface area contributed by atoms with E-state index in [1.54, 1.807) is 13.1 Å². The number of pyridine rings is 1. The minimum Gasteiger partial charge on any atom is -0.468 e. The summed E-state index contributed by atoms with van der Waals surface area (Å²) in [5.74, 6) is 0.554. The van der Waals surface area contributed by atoms with Crippen molar-refractivity contribution in [2.24, 2.45) is 4.99 Å². The van der Waals surface area contributed by atoms with Crippen LogP contribution >= 0.6 is 0 Å². The maximum absolute atomic E-state index is 12.1. The van der Waals surface area contributed by atoms with Gasteiger partial charge in [0.15, 0.2) is 12.6 Å². The highest BCUT2D eigenvalue weighted by Gasteiger charge is 2.28. The van der Waals surface area contributed by atoms with Crippen LogP contribution in [0.4, 0.5) is 13.2 Å². The number of nitrogens with zero attached hydrogens (tertiary/aromatic N) is 2. The fourth-order valence-electron chi connectivity index (χ4n) is 2.15. The Morgan fingerprint density at radius 2 is 1.85 bits per heavy atom. The molecule has 2 N–H and O–H groups in total. The molecule has 2 rings (SSSR count). The average molecular weight is 366 g/mol. The van der Waals surface area contributed by atoms with Crippen molar-refractivity contribution in [1.82, 2.24) is 15.6 Å². The number of aryl methyl sites for hydroxylation is 1. The topological polar surface area (TPSA) is 58.5 Å². The summed E-state index contributed by atoms with van der Waals surface area (Å²) in [4.78, 5) is 8.01. The van der Waals surface area contributed by atoms with Crippen molar-refractivity contribution in [1.29, 1.82) is 0 Å². The molecule has 0 aliphatic carbocycles. The Hall–Kier alpha value is -2.77. The second-order valence-corrected chi connectivity index (χ2v) is 5.61. The SMILES string of the molecule is CN=C(NCc1ccc(OCC(F)(F)F)nc1)NCc1ccccc1C. The maximum atomic E-state index is 12.1. The molecular formula is C18H21F3N4O. The van der Waals surface area contributed by atoms with Crippen LogP contribution in [-0.4, -0.2) is 30.8 Å². The van der Waals surface area contributed by atoms with E-state index in [2.05, 4.69) is 25.3 Å². The predicted octanol–water partition coefficient (Wildman–Crippen LogP) is 3.20. The molecule has 0 unspecified atom stereocenters. The van der Waals surface area contributed by atoms with Crippen LogP contribution in [0.15, 0.2) is 47.6 Å². The Bertz CT molecular complexity index is 730. The lowest BCUT2D eigenvalue weighted by atomic mass is 10.1. The van der Waals surface area contributed by atoms with Gasteiger partial charge >= 0.3 is 6.18 Å². The minimum atomic E-state index is -4.38. The Balaban J connectivity index is 1.82. The van der Waals surface area contributed by atoms with Crippen LogP contribution in [0.2, 0.25) is 0 Å². The summed E-state index contributed by atoms with van der Waals surface area (Å²) in [7, 11) is 1.67. The highest BCUT2D eigenvalue weighted by molar-refractivity contribution is 5.79. The van der Waals surface area contributed by atoms with Crippen molar-refractivity contribution in [2.75, 3.05) is 13.7 Å². The summed E-state index contributed by atoms with van der Waals surface area (Å²) in [5.41, 5.74) is 3.15. The van der Waals surface area contributed by atoms with E-state index >= 15 is 0 Å². The number of benzene rings is 1. The van der Waals surface area contributed by atoms with Gasteiger partial charge in [-0.2, -0.15) is 13.2 Å². The largest absolute Gasteiger partial charge is 0.468 e.